The number of likely N-dealkylation sites (N-methyl/N-ethyl adjacent to an activating group) is 1. The third-order valence-electron chi connectivity index (χ3n) is 5.86. The molecule has 1 fully saturated rings. The maximum absolute atomic E-state index is 13.2. The van der Waals surface area contributed by atoms with E-state index in [9.17, 15) is 23.1 Å². The average Bonchev–Trinajstić information content (AvgIpc) is 3.20. The van der Waals surface area contributed by atoms with Crippen LogP contribution in [0.3, 0.4) is 0 Å². The van der Waals surface area contributed by atoms with Crippen LogP contribution >= 0.6 is 0 Å². The van der Waals surface area contributed by atoms with E-state index in [1.165, 1.54) is 19.1 Å². The predicted molar refractivity (Wildman–Crippen MR) is 115 cm³/mol. The van der Waals surface area contributed by atoms with Crippen molar-refractivity contribution < 1.29 is 32.2 Å². The van der Waals surface area contributed by atoms with E-state index in [0.29, 0.717) is 47.2 Å². The van der Waals surface area contributed by atoms with Crippen LogP contribution in [0, 0.1) is 6.92 Å². The molecule has 11 heteroatoms. The fraction of sp³-hybridized carbons (Fsp3) is 0.409. The zero-order chi connectivity index (χ0) is 23.9. The molecule has 1 unspecified atom stereocenters. The minimum atomic E-state index is -4.49. The van der Waals surface area contributed by atoms with Crippen LogP contribution in [0.1, 0.15) is 24.0 Å². The van der Waals surface area contributed by atoms with E-state index in [4.69, 9.17) is 9.15 Å². The lowest BCUT2D eigenvalue weighted by Crippen LogP contribution is -2.48. The van der Waals surface area contributed by atoms with Crippen LogP contribution in [0.5, 0.6) is 5.75 Å². The van der Waals surface area contributed by atoms with Gasteiger partial charge >= 0.3 is 12.3 Å². The molecule has 3 heterocycles. The van der Waals surface area contributed by atoms with Crippen molar-refractivity contribution in [1.82, 2.24) is 14.9 Å². The summed E-state index contributed by atoms with van der Waals surface area (Å²) in [5.74, 6) is 0.0634. The summed E-state index contributed by atoms with van der Waals surface area (Å²) >= 11 is 0. The van der Waals surface area contributed by atoms with Crippen LogP contribution in [0.4, 0.5) is 24.0 Å². The first-order chi connectivity index (χ1) is 15.6. The van der Waals surface area contributed by atoms with Crippen LogP contribution in [0.15, 0.2) is 28.7 Å². The van der Waals surface area contributed by atoms with E-state index in [-0.39, 0.29) is 11.8 Å². The number of hydrogen-bond donors (Lipinski definition) is 1. The van der Waals surface area contributed by atoms with Gasteiger partial charge in [0.2, 0.25) is 5.65 Å². The van der Waals surface area contributed by atoms with Crippen molar-refractivity contribution in [3.05, 3.63) is 35.4 Å². The molecular weight excluding hydrogens is 441 g/mol. The number of nitrogens with zero attached hydrogens (tertiary/aromatic N) is 4. The Labute approximate surface area is 187 Å². The number of fused-ring (bicyclic) bond motifs is 1. The van der Waals surface area contributed by atoms with Crippen molar-refractivity contribution >= 4 is 23.3 Å². The molecule has 1 N–H and O–H groups in total. The molecule has 1 atom stereocenters. The smallest absolute Gasteiger partial charge is 0.416 e. The zero-order valence-corrected chi connectivity index (χ0v) is 18.3. The normalized spacial score (nSPS) is 16.8. The maximum atomic E-state index is 13.2. The second-order valence-corrected chi connectivity index (χ2v) is 8.02. The Kier molecular flexibility index (Phi) is 5.81. The van der Waals surface area contributed by atoms with Crippen LogP contribution < -0.4 is 9.64 Å². The number of ether oxygens (including phenoxy) is 1. The Hall–Kier alpha value is -3.50. The van der Waals surface area contributed by atoms with Crippen molar-refractivity contribution in [3.63, 3.8) is 0 Å². The minimum Gasteiger partial charge on any atom is -0.496 e. The van der Waals surface area contributed by atoms with Crippen molar-refractivity contribution in [2.45, 2.75) is 32.0 Å². The van der Waals surface area contributed by atoms with Gasteiger partial charge in [-0.1, -0.05) is 0 Å². The molecule has 1 amide bonds. The molecule has 176 valence electrons. The number of piperidine rings is 1. The average molecular weight is 464 g/mol. The summed E-state index contributed by atoms with van der Waals surface area (Å²) in [5.41, 5.74) is 1.15. The molecule has 8 nitrogen and oxygen atoms in total. The van der Waals surface area contributed by atoms with Gasteiger partial charge in [0, 0.05) is 25.7 Å². The number of hydrogen-bond acceptors (Lipinski definition) is 6. The van der Waals surface area contributed by atoms with Crippen LogP contribution in [0.2, 0.25) is 0 Å². The minimum absolute atomic E-state index is 0.0634. The second kappa shape index (κ2) is 8.45. The topological polar surface area (TPSA) is 91.9 Å². The molecule has 2 aromatic heterocycles. The Balaban J connectivity index is 1.67. The quantitative estimate of drug-likeness (QED) is 0.593. The van der Waals surface area contributed by atoms with Crippen molar-refractivity contribution in [1.29, 1.82) is 0 Å². The van der Waals surface area contributed by atoms with E-state index in [2.05, 4.69) is 9.97 Å². The van der Waals surface area contributed by atoms with E-state index in [0.717, 1.165) is 25.0 Å². The second-order valence-electron chi connectivity index (χ2n) is 8.02. The number of anilines is 1. The molecule has 1 saturated heterocycles. The summed E-state index contributed by atoms with van der Waals surface area (Å²) in [6.45, 7) is 2.67. The lowest BCUT2D eigenvalue weighted by Gasteiger charge is -2.35. The number of aromatic nitrogens is 2. The number of pyridine rings is 1. The first-order valence-electron chi connectivity index (χ1n) is 10.3. The molecular formula is C22H23F3N4O4. The van der Waals surface area contributed by atoms with Crippen molar-refractivity contribution in [2.24, 2.45) is 0 Å². The summed E-state index contributed by atoms with van der Waals surface area (Å²) in [7, 11) is 2.85. The van der Waals surface area contributed by atoms with E-state index >= 15 is 0 Å². The first kappa shape index (κ1) is 22.7. The molecule has 0 radical (unpaired) electrons. The van der Waals surface area contributed by atoms with Gasteiger partial charge in [-0.05, 0) is 49.6 Å². The van der Waals surface area contributed by atoms with Gasteiger partial charge in [-0.3, -0.25) is 0 Å². The molecule has 4 rings (SSSR count). The Bertz CT molecular complexity index is 1190. The lowest BCUT2D eigenvalue weighted by atomic mass is 10.00. The summed E-state index contributed by atoms with van der Waals surface area (Å²) in [6.07, 6.45) is -3.96. The van der Waals surface area contributed by atoms with E-state index in [1.54, 1.807) is 19.1 Å². The summed E-state index contributed by atoms with van der Waals surface area (Å²) in [4.78, 5) is 23.4. The van der Waals surface area contributed by atoms with Gasteiger partial charge in [0.05, 0.1) is 24.4 Å². The number of carboxylic acid groups (broad SMARTS) is 1. The molecule has 33 heavy (non-hydrogen) atoms. The van der Waals surface area contributed by atoms with E-state index in [1.807, 2.05) is 4.90 Å². The highest BCUT2D eigenvalue weighted by Crippen LogP contribution is 2.39. The molecule has 0 aliphatic carbocycles. The van der Waals surface area contributed by atoms with Crippen LogP contribution in [-0.4, -0.2) is 59.4 Å². The number of aryl methyl sites for hydroxylation is 1. The van der Waals surface area contributed by atoms with Gasteiger partial charge in [0.15, 0.2) is 5.58 Å². The van der Waals surface area contributed by atoms with Gasteiger partial charge in [-0.15, -0.1) is 0 Å². The fourth-order valence-corrected chi connectivity index (χ4v) is 4.09. The Morgan fingerprint density at radius 3 is 2.73 bits per heavy atom. The van der Waals surface area contributed by atoms with Gasteiger partial charge in [0.1, 0.15) is 5.75 Å². The van der Waals surface area contributed by atoms with Crippen molar-refractivity contribution in [2.75, 3.05) is 32.1 Å². The maximum Gasteiger partial charge on any atom is 0.416 e. The summed E-state index contributed by atoms with van der Waals surface area (Å²) in [5, 5.41) is 9.26. The molecule has 1 aromatic carbocycles. The monoisotopic (exact) mass is 464 g/mol. The largest absolute Gasteiger partial charge is 0.496 e. The molecule has 1 aliphatic heterocycles. The number of carbonyl (C=O) groups is 1. The number of amides is 1. The number of oxazole rings is 1. The highest BCUT2D eigenvalue weighted by atomic mass is 19.4. The first-order valence-corrected chi connectivity index (χ1v) is 10.3. The molecule has 0 saturated carbocycles. The number of rotatable bonds is 4. The number of benzene rings is 1. The third kappa shape index (κ3) is 4.39. The molecule has 0 spiro atoms. The van der Waals surface area contributed by atoms with Gasteiger partial charge in [0.25, 0.3) is 6.01 Å². The fourth-order valence-electron chi connectivity index (χ4n) is 4.09. The molecule has 3 aromatic rings. The summed E-state index contributed by atoms with van der Waals surface area (Å²) < 4.78 is 50.7. The molecule has 1 aliphatic rings. The van der Waals surface area contributed by atoms with Gasteiger partial charge in [-0.2, -0.15) is 18.2 Å². The zero-order valence-electron chi connectivity index (χ0n) is 18.3. The lowest BCUT2D eigenvalue weighted by molar-refractivity contribution is -0.137. The van der Waals surface area contributed by atoms with Gasteiger partial charge in [-0.25, -0.2) is 9.78 Å². The van der Waals surface area contributed by atoms with Crippen LogP contribution in [0.25, 0.3) is 22.5 Å². The van der Waals surface area contributed by atoms with E-state index < -0.39 is 17.8 Å². The highest BCUT2D eigenvalue weighted by molar-refractivity contribution is 5.79. The Morgan fingerprint density at radius 1 is 1.30 bits per heavy atom. The SMILES string of the molecule is COc1cc(C(F)(F)F)cc(C)c1-c1ccc2oc(N3CCCC(N(C)C(=O)O)C3)nc2n1. The highest BCUT2D eigenvalue weighted by Gasteiger charge is 2.33. The van der Waals surface area contributed by atoms with Gasteiger partial charge < -0.3 is 24.1 Å². The third-order valence-corrected chi connectivity index (χ3v) is 5.86. The van der Waals surface area contributed by atoms with Crippen LogP contribution in [-0.2, 0) is 6.18 Å². The Morgan fingerprint density at radius 2 is 2.06 bits per heavy atom. The molecule has 0 bridgehead atoms. The standard InChI is InChI=1S/C22H23F3N4O4/c1-12-9-13(22(23,24)25)10-17(32-3)18(12)15-6-7-16-19(26-15)27-20(33-16)29-8-4-5-14(11-29)28(2)21(30)31/h6-7,9-10,14H,4-5,8,11H2,1-3H3,(H,30,31). The number of alkyl halides is 3. The number of methoxy groups -OCH3 is 1. The predicted octanol–water partition coefficient (Wildman–Crippen LogP) is 4.80. The number of halogens is 3. The van der Waals surface area contributed by atoms with Crippen molar-refractivity contribution in [3.8, 4) is 17.0 Å². The summed E-state index contributed by atoms with van der Waals surface area (Å²) in [6, 6.07) is 5.46.